The number of hydrogen-bond donors (Lipinski definition) is 1. The minimum atomic E-state index is -0.610. The monoisotopic (exact) mass is 192 g/mol. The molecule has 3 aliphatic carbocycles. The Bertz CT molecular complexity index is 295. The quantitative estimate of drug-likeness (QED) is 0.682. The van der Waals surface area contributed by atoms with E-state index >= 15 is 0 Å². The minimum absolute atomic E-state index is 0.401. The number of carbonyl (C=O) groups is 1. The highest BCUT2D eigenvalue weighted by Gasteiger charge is 2.52. The second-order valence-corrected chi connectivity index (χ2v) is 5.16. The molecule has 0 aromatic heterocycles. The molecule has 76 valence electrons. The van der Waals surface area contributed by atoms with Gasteiger partial charge >= 0.3 is 5.97 Å². The molecule has 0 aromatic rings. The van der Waals surface area contributed by atoms with Gasteiger partial charge in [0.05, 0.1) is 0 Å². The molecule has 0 heterocycles. The van der Waals surface area contributed by atoms with E-state index in [9.17, 15) is 4.79 Å². The number of carboxylic acid groups (broad SMARTS) is 1. The first-order chi connectivity index (χ1) is 6.75. The Hall–Kier alpha value is -0.790. The van der Waals surface area contributed by atoms with Crippen molar-refractivity contribution in [1.82, 2.24) is 0 Å². The topological polar surface area (TPSA) is 37.3 Å². The van der Waals surface area contributed by atoms with E-state index < -0.39 is 5.97 Å². The lowest BCUT2D eigenvalue weighted by atomic mass is 9.74. The van der Waals surface area contributed by atoms with Gasteiger partial charge in [-0.3, -0.25) is 4.79 Å². The summed E-state index contributed by atoms with van der Waals surface area (Å²) in [4.78, 5) is 10.7. The van der Waals surface area contributed by atoms with E-state index in [1.54, 1.807) is 0 Å². The molecule has 2 saturated carbocycles. The molecule has 3 rings (SSSR count). The van der Waals surface area contributed by atoms with Crippen molar-refractivity contribution in [2.45, 2.75) is 25.7 Å². The van der Waals surface area contributed by atoms with Crippen molar-refractivity contribution in [3.05, 3.63) is 12.2 Å². The Labute approximate surface area is 84.0 Å². The first kappa shape index (κ1) is 8.51. The van der Waals surface area contributed by atoms with Gasteiger partial charge in [0, 0.05) is 6.42 Å². The summed E-state index contributed by atoms with van der Waals surface area (Å²) in [5.74, 6) is 3.01. The van der Waals surface area contributed by atoms with Crippen LogP contribution in [-0.4, -0.2) is 11.1 Å². The first-order valence-electron chi connectivity index (χ1n) is 5.64. The van der Waals surface area contributed by atoms with Gasteiger partial charge in [-0.05, 0) is 48.9 Å². The molecule has 14 heavy (non-hydrogen) atoms. The van der Waals surface area contributed by atoms with Crippen LogP contribution < -0.4 is 0 Å². The number of rotatable bonds is 2. The average molecular weight is 192 g/mol. The van der Waals surface area contributed by atoms with E-state index in [-0.39, 0.29) is 0 Å². The van der Waals surface area contributed by atoms with Crippen LogP contribution in [0.5, 0.6) is 0 Å². The van der Waals surface area contributed by atoms with E-state index in [2.05, 4.69) is 12.2 Å². The number of aliphatic carboxylic acids is 1. The molecular formula is C12H16O2. The molecule has 2 fully saturated rings. The van der Waals surface area contributed by atoms with Crippen LogP contribution in [0.3, 0.4) is 0 Å². The Morgan fingerprint density at radius 1 is 1.36 bits per heavy atom. The number of hydrogen-bond acceptors (Lipinski definition) is 1. The van der Waals surface area contributed by atoms with Crippen LogP contribution in [0.15, 0.2) is 12.2 Å². The molecule has 2 bridgehead atoms. The second kappa shape index (κ2) is 2.85. The summed E-state index contributed by atoms with van der Waals surface area (Å²) in [5, 5.41) is 8.82. The Kier molecular flexibility index (Phi) is 1.73. The smallest absolute Gasteiger partial charge is 0.303 e. The van der Waals surface area contributed by atoms with Gasteiger partial charge in [0.15, 0.2) is 0 Å². The molecule has 3 aliphatic rings. The highest BCUT2D eigenvalue weighted by Crippen LogP contribution is 2.59. The molecule has 0 radical (unpaired) electrons. The molecule has 0 spiro atoms. The van der Waals surface area contributed by atoms with Crippen molar-refractivity contribution in [3.63, 3.8) is 0 Å². The van der Waals surface area contributed by atoms with Crippen molar-refractivity contribution in [3.8, 4) is 0 Å². The van der Waals surface area contributed by atoms with Gasteiger partial charge in [-0.2, -0.15) is 0 Å². The normalized spacial score (nSPS) is 48.4. The lowest BCUT2D eigenvalue weighted by Gasteiger charge is -2.30. The van der Waals surface area contributed by atoms with Crippen LogP contribution in [0.1, 0.15) is 25.7 Å². The predicted molar refractivity (Wildman–Crippen MR) is 52.7 cm³/mol. The van der Waals surface area contributed by atoms with Gasteiger partial charge in [-0.1, -0.05) is 12.2 Å². The van der Waals surface area contributed by atoms with Gasteiger partial charge in [0.25, 0.3) is 0 Å². The molecule has 1 N–H and O–H groups in total. The summed E-state index contributed by atoms with van der Waals surface area (Å²) >= 11 is 0. The van der Waals surface area contributed by atoms with Crippen LogP contribution >= 0.6 is 0 Å². The maximum Gasteiger partial charge on any atom is 0.303 e. The van der Waals surface area contributed by atoms with Crippen molar-refractivity contribution < 1.29 is 9.90 Å². The van der Waals surface area contributed by atoms with Gasteiger partial charge in [0.2, 0.25) is 0 Å². The molecule has 0 aliphatic heterocycles. The van der Waals surface area contributed by atoms with E-state index in [4.69, 9.17) is 5.11 Å². The third-order valence-corrected chi connectivity index (χ3v) is 4.58. The number of allylic oxidation sites excluding steroid dienone is 2. The molecular weight excluding hydrogens is 176 g/mol. The van der Waals surface area contributed by atoms with Crippen LogP contribution in [-0.2, 0) is 4.79 Å². The number of fused-ring (bicyclic) bond motifs is 5. The first-order valence-corrected chi connectivity index (χ1v) is 5.64. The molecule has 0 unspecified atom stereocenters. The largest absolute Gasteiger partial charge is 0.481 e. The van der Waals surface area contributed by atoms with Crippen LogP contribution in [0, 0.1) is 29.6 Å². The Morgan fingerprint density at radius 2 is 2.21 bits per heavy atom. The van der Waals surface area contributed by atoms with Gasteiger partial charge in [-0.15, -0.1) is 0 Å². The molecule has 0 aromatic carbocycles. The van der Waals surface area contributed by atoms with E-state index in [1.807, 2.05) is 0 Å². The fourth-order valence-corrected chi connectivity index (χ4v) is 4.14. The molecule has 0 amide bonds. The minimum Gasteiger partial charge on any atom is -0.481 e. The zero-order valence-corrected chi connectivity index (χ0v) is 8.23. The Morgan fingerprint density at radius 3 is 3.00 bits per heavy atom. The fraction of sp³-hybridized carbons (Fsp3) is 0.750. The summed E-state index contributed by atoms with van der Waals surface area (Å²) in [6.45, 7) is 0. The maximum atomic E-state index is 10.7. The van der Waals surface area contributed by atoms with Gasteiger partial charge in [-0.25, -0.2) is 0 Å². The second-order valence-electron chi connectivity index (χ2n) is 5.16. The highest BCUT2D eigenvalue weighted by molar-refractivity contribution is 5.67. The summed E-state index contributed by atoms with van der Waals surface area (Å²) in [7, 11) is 0. The standard InChI is InChI=1S/C12H16O2/c13-12(14)6-8-4-7-5-11(8)10-3-1-2-9(7)10/h1,3,7-11H,2,4-6H2,(H,13,14)/t7-,8-,9+,10+,11+/m1/s1. The van der Waals surface area contributed by atoms with Gasteiger partial charge < -0.3 is 5.11 Å². The summed E-state index contributed by atoms with van der Waals surface area (Å²) in [5.41, 5.74) is 0. The van der Waals surface area contributed by atoms with Crippen molar-refractivity contribution >= 4 is 5.97 Å². The van der Waals surface area contributed by atoms with E-state index in [1.165, 1.54) is 19.3 Å². The van der Waals surface area contributed by atoms with Gasteiger partial charge in [0.1, 0.15) is 0 Å². The van der Waals surface area contributed by atoms with Crippen molar-refractivity contribution in [1.29, 1.82) is 0 Å². The molecule has 0 saturated heterocycles. The van der Waals surface area contributed by atoms with Crippen molar-refractivity contribution in [2.75, 3.05) is 0 Å². The lowest BCUT2D eigenvalue weighted by molar-refractivity contribution is -0.138. The van der Waals surface area contributed by atoms with E-state index in [0.29, 0.717) is 18.3 Å². The Balaban J connectivity index is 1.76. The van der Waals surface area contributed by atoms with Crippen LogP contribution in [0.4, 0.5) is 0 Å². The number of carboxylic acids is 1. The molecule has 2 nitrogen and oxygen atoms in total. The van der Waals surface area contributed by atoms with Crippen molar-refractivity contribution in [2.24, 2.45) is 29.6 Å². The fourth-order valence-electron chi connectivity index (χ4n) is 4.14. The third-order valence-electron chi connectivity index (χ3n) is 4.58. The molecule has 2 heteroatoms. The summed E-state index contributed by atoms with van der Waals surface area (Å²) in [6.07, 6.45) is 8.79. The lowest BCUT2D eigenvalue weighted by Crippen LogP contribution is -2.25. The van der Waals surface area contributed by atoms with Crippen LogP contribution in [0.25, 0.3) is 0 Å². The highest BCUT2D eigenvalue weighted by atomic mass is 16.4. The molecule has 5 atom stereocenters. The summed E-state index contributed by atoms with van der Waals surface area (Å²) in [6, 6.07) is 0. The maximum absolute atomic E-state index is 10.7. The summed E-state index contributed by atoms with van der Waals surface area (Å²) < 4.78 is 0. The SMILES string of the molecule is O=C(O)C[C@H]1C[C@@H]2C[C@@H]1[C@H]1C=CC[C@@H]21. The van der Waals surface area contributed by atoms with Crippen LogP contribution in [0.2, 0.25) is 0 Å². The zero-order chi connectivity index (χ0) is 9.71. The average Bonchev–Trinajstić information content (AvgIpc) is 2.68. The zero-order valence-electron chi connectivity index (χ0n) is 8.23. The third kappa shape index (κ3) is 1.06. The predicted octanol–water partition coefficient (Wildman–Crippen LogP) is 2.31. The van der Waals surface area contributed by atoms with E-state index in [0.717, 1.165) is 17.8 Å².